The number of hydrogen-bond donors (Lipinski definition) is 1. The predicted molar refractivity (Wildman–Crippen MR) is 91.6 cm³/mol. The Morgan fingerprint density at radius 1 is 1.48 bits per heavy atom. The van der Waals surface area contributed by atoms with Crippen LogP contribution in [-0.4, -0.2) is 44.8 Å². The molecule has 0 aliphatic carbocycles. The Hall–Kier alpha value is -0.420. The molecule has 2 rings (SSSR count). The maximum atomic E-state index is 5.60. The van der Waals surface area contributed by atoms with Gasteiger partial charge in [-0.25, -0.2) is 0 Å². The molecule has 0 amide bonds. The molecule has 21 heavy (non-hydrogen) atoms. The fourth-order valence-electron chi connectivity index (χ4n) is 3.12. The maximum Gasteiger partial charge on any atom is 0.0724 e. The highest BCUT2D eigenvalue weighted by molar-refractivity contribution is 9.10. The van der Waals surface area contributed by atoms with Crippen molar-refractivity contribution in [1.82, 2.24) is 10.2 Å². The average molecular weight is 355 g/mol. The van der Waals surface area contributed by atoms with Crippen LogP contribution in [0.2, 0.25) is 0 Å². The summed E-state index contributed by atoms with van der Waals surface area (Å²) in [5, 5.41) is 3.44. The van der Waals surface area contributed by atoms with E-state index in [1.807, 2.05) is 14.2 Å². The third-order valence-electron chi connectivity index (χ3n) is 4.61. The number of ether oxygens (including phenoxy) is 1. The quantitative estimate of drug-likeness (QED) is 0.846. The molecule has 0 radical (unpaired) electrons. The number of hydrogen-bond acceptors (Lipinski definition) is 3. The molecule has 1 fully saturated rings. The summed E-state index contributed by atoms with van der Waals surface area (Å²) in [5.74, 6) is 0.677. The van der Waals surface area contributed by atoms with Gasteiger partial charge in [-0.05, 0) is 50.0 Å². The number of nitrogens with one attached hydrogen (secondary N) is 1. The van der Waals surface area contributed by atoms with Crippen LogP contribution in [0.15, 0.2) is 28.7 Å². The molecule has 3 unspecified atom stereocenters. The van der Waals surface area contributed by atoms with E-state index < -0.39 is 0 Å². The first-order valence-electron chi connectivity index (χ1n) is 7.82. The van der Waals surface area contributed by atoms with E-state index in [1.165, 1.54) is 18.5 Å². The molecule has 1 aromatic rings. The van der Waals surface area contributed by atoms with Gasteiger partial charge in [0.05, 0.1) is 6.10 Å². The van der Waals surface area contributed by atoms with E-state index in [9.17, 15) is 0 Å². The Morgan fingerprint density at radius 3 is 2.95 bits per heavy atom. The highest BCUT2D eigenvalue weighted by Crippen LogP contribution is 2.23. The molecule has 1 N–H and O–H groups in total. The lowest BCUT2D eigenvalue weighted by molar-refractivity contribution is -0.00576. The van der Waals surface area contributed by atoms with Gasteiger partial charge in [0.1, 0.15) is 0 Å². The van der Waals surface area contributed by atoms with E-state index in [4.69, 9.17) is 4.74 Å². The normalized spacial score (nSPS) is 25.0. The van der Waals surface area contributed by atoms with Gasteiger partial charge in [-0.3, -0.25) is 0 Å². The van der Waals surface area contributed by atoms with Gasteiger partial charge in [0.25, 0.3) is 0 Å². The zero-order valence-electron chi connectivity index (χ0n) is 13.3. The number of methoxy groups -OCH3 is 1. The Morgan fingerprint density at radius 2 is 2.29 bits per heavy atom. The minimum Gasteiger partial charge on any atom is -0.380 e. The zero-order valence-corrected chi connectivity index (χ0v) is 14.9. The van der Waals surface area contributed by atoms with E-state index in [0.29, 0.717) is 18.1 Å². The minimum absolute atomic E-state index is 0.387. The fourth-order valence-corrected chi connectivity index (χ4v) is 3.54. The Labute approximate surface area is 137 Å². The largest absolute Gasteiger partial charge is 0.380 e. The van der Waals surface area contributed by atoms with Gasteiger partial charge < -0.3 is 15.0 Å². The molecule has 0 bridgehead atoms. The number of benzene rings is 1. The standard InChI is InChI=1S/C17H27BrN2O/c1-13-7-9-20(12-17(13)21-3)10-8-16(19-2)14-5-4-6-15(18)11-14/h4-6,11,13,16-17,19H,7-10,12H2,1-3H3. The van der Waals surface area contributed by atoms with Crippen molar-refractivity contribution in [3.63, 3.8) is 0 Å². The Balaban J connectivity index is 1.88. The minimum atomic E-state index is 0.387. The maximum absolute atomic E-state index is 5.60. The van der Waals surface area contributed by atoms with Crippen LogP contribution in [0.1, 0.15) is 31.4 Å². The summed E-state index contributed by atoms with van der Waals surface area (Å²) in [6.45, 7) is 5.66. The average Bonchev–Trinajstić information content (AvgIpc) is 2.49. The molecular weight excluding hydrogens is 328 g/mol. The number of rotatable bonds is 6. The lowest BCUT2D eigenvalue weighted by Crippen LogP contribution is -2.44. The Kier molecular flexibility index (Phi) is 6.68. The van der Waals surface area contributed by atoms with Gasteiger partial charge in [-0.15, -0.1) is 0 Å². The van der Waals surface area contributed by atoms with Gasteiger partial charge in [-0.2, -0.15) is 0 Å². The molecule has 0 saturated carbocycles. The van der Waals surface area contributed by atoms with Crippen molar-refractivity contribution in [2.45, 2.75) is 31.9 Å². The summed E-state index contributed by atoms with van der Waals surface area (Å²) in [5.41, 5.74) is 1.35. The molecular formula is C17H27BrN2O. The van der Waals surface area contributed by atoms with Gasteiger partial charge in [0.15, 0.2) is 0 Å². The molecule has 1 aliphatic heterocycles. The van der Waals surface area contributed by atoms with E-state index in [0.717, 1.165) is 24.0 Å². The van der Waals surface area contributed by atoms with E-state index >= 15 is 0 Å². The first-order chi connectivity index (χ1) is 10.1. The zero-order chi connectivity index (χ0) is 15.2. The molecule has 0 aromatic heterocycles. The van der Waals surface area contributed by atoms with Crippen molar-refractivity contribution >= 4 is 15.9 Å². The summed E-state index contributed by atoms with van der Waals surface area (Å²) in [6.07, 6.45) is 2.75. The van der Waals surface area contributed by atoms with Gasteiger partial charge in [0, 0.05) is 30.7 Å². The molecule has 1 aromatic carbocycles. The summed E-state index contributed by atoms with van der Waals surface area (Å²) < 4.78 is 6.75. The van der Waals surface area contributed by atoms with Crippen LogP contribution in [0, 0.1) is 5.92 Å². The number of piperidine rings is 1. The van der Waals surface area contributed by atoms with Crippen LogP contribution in [0.3, 0.4) is 0 Å². The van der Waals surface area contributed by atoms with E-state index in [2.05, 4.69) is 57.3 Å². The summed E-state index contributed by atoms with van der Waals surface area (Å²) >= 11 is 3.56. The molecule has 1 heterocycles. The van der Waals surface area contributed by atoms with Crippen molar-refractivity contribution < 1.29 is 4.74 Å². The van der Waals surface area contributed by atoms with E-state index in [-0.39, 0.29) is 0 Å². The molecule has 1 aliphatic rings. The first-order valence-corrected chi connectivity index (χ1v) is 8.61. The fraction of sp³-hybridized carbons (Fsp3) is 0.647. The summed E-state index contributed by atoms with van der Waals surface area (Å²) in [7, 11) is 3.88. The number of halogens is 1. The van der Waals surface area contributed by atoms with Crippen LogP contribution in [-0.2, 0) is 4.74 Å². The smallest absolute Gasteiger partial charge is 0.0724 e. The second kappa shape index (κ2) is 8.28. The van der Waals surface area contributed by atoms with Crippen molar-refractivity contribution in [2.75, 3.05) is 33.8 Å². The molecule has 0 spiro atoms. The molecule has 1 saturated heterocycles. The van der Waals surface area contributed by atoms with Crippen LogP contribution in [0.25, 0.3) is 0 Å². The number of nitrogens with zero attached hydrogens (tertiary/aromatic N) is 1. The lowest BCUT2D eigenvalue weighted by Gasteiger charge is -2.36. The highest BCUT2D eigenvalue weighted by Gasteiger charge is 2.26. The van der Waals surface area contributed by atoms with Crippen molar-refractivity contribution in [2.24, 2.45) is 5.92 Å². The van der Waals surface area contributed by atoms with Crippen molar-refractivity contribution in [3.05, 3.63) is 34.3 Å². The third-order valence-corrected chi connectivity index (χ3v) is 5.10. The van der Waals surface area contributed by atoms with Crippen molar-refractivity contribution in [3.8, 4) is 0 Å². The molecule has 4 heteroatoms. The van der Waals surface area contributed by atoms with E-state index in [1.54, 1.807) is 0 Å². The van der Waals surface area contributed by atoms with Gasteiger partial charge >= 0.3 is 0 Å². The highest BCUT2D eigenvalue weighted by atomic mass is 79.9. The number of likely N-dealkylation sites (tertiary alicyclic amines) is 1. The second-order valence-corrected chi connectivity index (χ2v) is 6.94. The SMILES string of the molecule is CNC(CCN1CCC(C)C(OC)C1)c1cccc(Br)c1. The summed E-state index contributed by atoms with van der Waals surface area (Å²) in [4.78, 5) is 2.54. The monoisotopic (exact) mass is 354 g/mol. The molecule has 118 valence electrons. The van der Waals surface area contributed by atoms with Crippen molar-refractivity contribution in [1.29, 1.82) is 0 Å². The van der Waals surface area contributed by atoms with Crippen LogP contribution in [0.5, 0.6) is 0 Å². The van der Waals surface area contributed by atoms with Crippen LogP contribution in [0.4, 0.5) is 0 Å². The van der Waals surface area contributed by atoms with Gasteiger partial charge in [-0.1, -0.05) is 35.0 Å². The van der Waals surface area contributed by atoms with Gasteiger partial charge in [0.2, 0.25) is 0 Å². The topological polar surface area (TPSA) is 24.5 Å². The second-order valence-electron chi connectivity index (χ2n) is 6.03. The molecule has 3 atom stereocenters. The first kappa shape index (κ1) is 16.9. The van der Waals surface area contributed by atoms with Crippen LogP contribution < -0.4 is 5.32 Å². The lowest BCUT2D eigenvalue weighted by atomic mass is 9.95. The van der Waals surface area contributed by atoms with Crippen LogP contribution >= 0.6 is 15.9 Å². The Bertz CT molecular complexity index is 441. The summed E-state index contributed by atoms with van der Waals surface area (Å²) in [6, 6.07) is 8.99. The third kappa shape index (κ3) is 4.78. The predicted octanol–water partition coefficient (Wildman–Crippen LogP) is 3.46. The molecule has 3 nitrogen and oxygen atoms in total.